The van der Waals surface area contributed by atoms with Crippen LogP contribution in [-0.4, -0.2) is 52.4 Å². The van der Waals surface area contributed by atoms with Crippen LogP contribution < -0.4 is 4.74 Å². The number of rotatable bonds is 9. The first kappa shape index (κ1) is 67.5. The Morgan fingerprint density at radius 3 is 1.57 bits per heavy atom. The SMILES string of the molecule is CC(C)(C)c1cn(-c2[c-]cc(F)cc2F)nc1CF.CCc1nn(-c2[c-]cc(F)cc2F)cc1OC.CCc1nn(-c2[c-]ccc(C(C)(C)C)c2)cc1F.FC(F)(F)Cc1ccn(-c2[c-]cccc2)n1.[Ir].[Ir].[Ir].[Ir]. The van der Waals surface area contributed by atoms with Crippen LogP contribution >= 0.6 is 0 Å². The molecule has 8 rings (SSSR count). The molecule has 4 aromatic heterocycles. The summed E-state index contributed by atoms with van der Waals surface area (Å²) in [6.07, 6.45) is 2.04. The number of halogens is 9. The summed E-state index contributed by atoms with van der Waals surface area (Å²) in [6.45, 7) is 15.3. The van der Waals surface area contributed by atoms with E-state index in [4.69, 9.17) is 4.74 Å². The Morgan fingerprint density at radius 1 is 0.568 bits per heavy atom. The molecule has 408 valence electrons. The molecular formula is C52H51F9Ir4N8O-4. The van der Waals surface area contributed by atoms with Crippen molar-refractivity contribution in [3.05, 3.63) is 185 Å². The summed E-state index contributed by atoms with van der Waals surface area (Å²) in [7, 11) is 1.52. The smallest absolute Gasteiger partial charge is 0.394 e. The molecule has 4 heterocycles. The molecule has 0 spiro atoms. The number of alkyl halides is 4. The molecule has 8 aromatic rings. The molecule has 22 heteroatoms. The van der Waals surface area contributed by atoms with Gasteiger partial charge in [-0.05, 0) is 52.5 Å². The minimum atomic E-state index is -4.22. The quantitative estimate of drug-likeness (QED) is 0.106. The molecular weight excluding hydrogens is 1690 g/mol. The summed E-state index contributed by atoms with van der Waals surface area (Å²) in [6, 6.07) is 28.8. The Balaban J connectivity index is 0.000000485. The van der Waals surface area contributed by atoms with Crippen molar-refractivity contribution in [2.45, 2.75) is 98.3 Å². The van der Waals surface area contributed by atoms with E-state index in [1.807, 2.05) is 52.8 Å². The zero-order valence-electron chi connectivity index (χ0n) is 41.3. The third-order valence-electron chi connectivity index (χ3n) is 10.1. The van der Waals surface area contributed by atoms with E-state index in [2.05, 4.69) is 65.4 Å². The maximum Gasteiger partial charge on any atom is 0.394 e. The molecule has 4 radical (unpaired) electrons. The fourth-order valence-corrected chi connectivity index (χ4v) is 6.53. The van der Waals surface area contributed by atoms with E-state index in [-0.39, 0.29) is 120 Å². The summed E-state index contributed by atoms with van der Waals surface area (Å²) in [4.78, 5) is 0. The van der Waals surface area contributed by atoms with Crippen LogP contribution in [0.3, 0.4) is 0 Å². The second-order valence-electron chi connectivity index (χ2n) is 17.5. The topological polar surface area (TPSA) is 80.5 Å². The maximum absolute atomic E-state index is 13.7. The van der Waals surface area contributed by atoms with E-state index < -0.39 is 42.5 Å². The molecule has 0 N–H and O–H groups in total. The van der Waals surface area contributed by atoms with Crippen molar-refractivity contribution in [3.8, 4) is 28.5 Å². The average Bonchev–Trinajstić information content (AvgIpc) is 4.12. The fraction of sp³-hybridized carbons (Fsp3) is 0.308. The van der Waals surface area contributed by atoms with Gasteiger partial charge in [-0.25, -0.2) is 8.78 Å². The molecule has 0 amide bonds. The number of ether oxygens (including phenoxy) is 1. The zero-order valence-corrected chi connectivity index (χ0v) is 50.9. The first-order chi connectivity index (χ1) is 32.9. The van der Waals surface area contributed by atoms with Crippen LogP contribution in [0, 0.1) is 53.4 Å². The van der Waals surface area contributed by atoms with Crippen molar-refractivity contribution in [2.75, 3.05) is 7.11 Å². The second kappa shape index (κ2) is 29.7. The molecule has 0 aliphatic heterocycles. The van der Waals surface area contributed by atoms with Crippen LogP contribution in [0.4, 0.5) is 39.5 Å². The van der Waals surface area contributed by atoms with Gasteiger partial charge in [0, 0.05) is 122 Å². The van der Waals surface area contributed by atoms with Gasteiger partial charge in [-0.1, -0.05) is 55.4 Å². The van der Waals surface area contributed by atoms with Crippen molar-refractivity contribution in [1.29, 1.82) is 0 Å². The van der Waals surface area contributed by atoms with Crippen molar-refractivity contribution in [2.24, 2.45) is 0 Å². The Bertz CT molecular complexity index is 2940. The van der Waals surface area contributed by atoms with Crippen molar-refractivity contribution < 1.29 is 125 Å². The largest absolute Gasteiger partial charge is 0.493 e. The first-order valence-corrected chi connectivity index (χ1v) is 21.8. The molecule has 0 fully saturated rings. The van der Waals surface area contributed by atoms with Gasteiger partial charge in [-0.2, -0.15) is 93.7 Å². The number of aryl methyl sites for hydroxylation is 2. The van der Waals surface area contributed by atoms with E-state index >= 15 is 0 Å². The van der Waals surface area contributed by atoms with Crippen molar-refractivity contribution in [1.82, 2.24) is 39.1 Å². The number of para-hydroxylation sites is 1. The van der Waals surface area contributed by atoms with Gasteiger partial charge in [-0.3, -0.25) is 36.3 Å². The minimum Gasteiger partial charge on any atom is -0.493 e. The van der Waals surface area contributed by atoms with Gasteiger partial charge in [0.15, 0.2) is 11.6 Å². The molecule has 9 nitrogen and oxygen atoms in total. The minimum absolute atomic E-state index is 0. The predicted octanol–water partition coefficient (Wildman–Crippen LogP) is 12.7. The van der Waals surface area contributed by atoms with Crippen molar-refractivity contribution >= 4 is 0 Å². The molecule has 0 saturated heterocycles. The van der Waals surface area contributed by atoms with E-state index in [9.17, 15) is 39.5 Å². The van der Waals surface area contributed by atoms with E-state index in [1.54, 1.807) is 41.3 Å². The monoisotopic (exact) mass is 1750 g/mol. The second-order valence-corrected chi connectivity index (χ2v) is 17.5. The number of hydrogen-bond acceptors (Lipinski definition) is 5. The van der Waals surface area contributed by atoms with Gasteiger partial charge in [0.05, 0.1) is 43.0 Å². The number of aromatic nitrogens is 8. The van der Waals surface area contributed by atoms with E-state index in [0.29, 0.717) is 41.2 Å². The Labute approximate surface area is 479 Å². The van der Waals surface area contributed by atoms with Crippen LogP contribution in [-0.2, 0) is 117 Å². The van der Waals surface area contributed by atoms with E-state index in [0.717, 1.165) is 30.0 Å². The summed E-state index contributed by atoms with van der Waals surface area (Å²) >= 11 is 0. The van der Waals surface area contributed by atoms with Crippen LogP contribution in [0.5, 0.6) is 5.75 Å². The Hall–Kier alpha value is -4.51. The van der Waals surface area contributed by atoms with E-state index in [1.165, 1.54) is 45.2 Å². The van der Waals surface area contributed by atoms with Crippen molar-refractivity contribution in [3.63, 3.8) is 0 Å². The summed E-state index contributed by atoms with van der Waals surface area (Å²) in [5.41, 5.74) is 4.54. The molecule has 4 aromatic carbocycles. The third-order valence-corrected chi connectivity index (χ3v) is 10.1. The molecule has 0 aliphatic carbocycles. The normalized spacial score (nSPS) is 10.9. The molecule has 0 aliphatic rings. The summed E-state index contributed by atoms with van der Waals surface area (Å²) in [5, 5.41) is 16.2. The molecule has 0 atom stereocenters. The number of hydrogen-bond donors (Lipinski definition) is 0. The molecule has 0 unspecified atom stereocenters. The zero-order chi connectivity index (χ0) is 51.6. The number of nitrogens with zero attached hydrogens (tertiary/aromatic N) is 8. The van der Waals surface area contributed by atoms with Crippen LogP contribution in [0.15, 0.2) is 97.6 Å². The summed E-state index contributed by atoms with van der Waals surface area (Å²) < 4.78 is 126. The standard InChI is InChI=1S/C15H18FN2.C14H14F3N2.C12H11F2N2O.C11H8F3N2.4Ir/c1-5-14-13(16)10-18(17-14)12-8-6-7-11(9-12)15(2,3)4;1-14(2,3)10-8-19(18-12(10)7-15)13-5-4-9(16)6-11(13)17;1-3-10-12(17-2)7-16(15-10)11-5-4-8(13)6-9(11)14;12-11(13,14)8-9-6-7-16(15-9)10-4-2-1-3-5-10;;;;/h6-7,9-10H,5H2,1-4H3;4,6,8H,7H2,1-3H3;4,6-7H,3H2,1-2H3;1-4,6-7H,8H2;;;;/q4*-1;;;;. The Kier molecular flexibility index (Phi) is 27.1. The van der Waals surface area contributed by atoms with Gasteiger partial charge in [0.25, 0.3) is 0 Å². The van der Waals surface area contributed by atoms with Crippen LogP contribution in [0.1, 0.15) is 89.3 Å². The molecule has 0 bridgehead atoms. The van der Waals surface area contributed by atoms with Gasteiger partial charge in [0.2, 0.25) is 0 Å². The van der Waals surface area contributed by atoms with Gasteiger partial charge in [0.1, 0.15) is 12.4 Å². The molecule has 0 saturated carbocycles. The molecule has 74 heavy (non-hydrogen) atoms. The first-order valence-electron chi connectivity index (χ1n) is 21.8. The van der Waals surface area contributed by atoms with Gasteiger partial charge < -0.3 is 4.74 Å². The van der Waals surface area contributed by atoms with Gasteiger partial charge >= 0.3 is 6.18 Å². The Morgan fingerprint density at radius 2 is 1.12 bits per heavy atom. The summed E-state index contributed by atoms with van der Waals surface area (Å²) in [5.74, 6) is -2.56. The number of benzene rings is 4. The fourth-order valence-electron chi connectivity index (χ4n) is 6.53. The van der Waals surface area contributed by atoms with Crippen LogP contribution in [0.25, 0.3) is 22.7 Å². The number of methoxy groups -OCH3 is 1. The van der Waals surface area contributed by atoms with Gasteiger partial charge in [-0.15, -0.1) is 36.4 Å². The average molecular weight is 1740 g/mol. The maximum atomic E-state index is 13.7. The van der Waals surface area contributed by atoms with Crippen LogP contribution in [0.2, 0.25) is 0 Å². The predicted molar refractivity (Wildman–Crippen MR) is 247 cm³/mol. The third kappa shape index (κ3) is 18.9.